The monoisotopic (exact) mass is 315 g/mol. The highest BCUT2D eigenvalue weighted by Crippen LogP contribution is 2.19. The van der Waals surface area contributed by atoms with Gasteiger partial charge in [-0.15, -0.1) is 0 Å². The third-order valence-electron chi connectivity index (χ3n) is 3.84. The van der Waals surface area contributed by atoms with Gasteiger partial charge in [-0.25, -0.2) is 0 Å². The van der Waals surface area contributed by atoms with Gasteiger partial charge in [0.25, 0.3) is 11.8 Å². The van der Waals surface area contributed by atoms with Gasteiger partial charge in [-0.2, -0.15) is 0 Å². The number of amides is 2. The fourth-order valence-electron chi connectivity index (χ4n) is 2.57. The molecule has 1 aromatic heterocycles. The van der Waals surface area contributed by atoms with Gasteiger partial charge in [0.05, 0.1) is 5.56 Å². The zero-order chi connectivity index (χ0) is 16.4. The van der Waals surface area contributed by atoms with E-state index in [1.165, 1.54) is 6.07 Å². The zero-order valence-electron chi connectivity index (χ0n) is 12.7. The molecule has 0 saturated carbocycles. The fraction of sp³-hybridized carbons (Fsp3) is 0.312. The molecule has 1 fully saturated rings. The Kier molecular flexibility index (Phi) is 4.01. The van der Waals surface area contributed by atoms with E-state index >= 15 is 0 Å². The Hall–Kier alpha value is -2.83. The second-order valence-electron chi connectivity index (χ2n) is 5.42. The van der Waals surface area contributed by atoms with Gasteiger partial charge in [0.15, 0.2) is 5.69 Å². The predicted molar refractivity (Wildman–Crippen MR) is 81.2 cm³/mol. The molecule has 1 N–H and O–H groups in total. The molecule has 0 bridgehead atoms. The van der Waals surface area contributed by atoms with Gasteiger partial charge in [0.1, 0.15) is 11.5 Å². The van der Waals surface area contributed by atoms with Crippen molar-refractivity contribution < 1.29 is 19.2 Å². The number of nitrogens with zero attached hydrogens (tertiary/aromatic N) is 3. The van der Waals surface area contributed by atoms with Crippen LogP contribution in [-0.2, 0) is 0 Å². The summed E-state index contributed by atoms with van der Waals surface area (Å²) in [5.41, 5.74) is 0.558. The Morgan fingerprint density at radius 1 is 1.09 bits per heavy atom. The Morgan fingerprint density at radius 3 is 2.26 bits per heavy atom. The maximum atomic E-state index is 12.4. The van der Waals surface area contributed by atoms with Gasteiger partial charge >= 0.3 is 0 Å². The molecule has 0 radical (unpaired) electrons. The Labute approximate surface area is 133 Å². The second-order valence-corrected chi connectivity index (χ2v) is 5.42. The largest absolute Gasteiger partial charge is 0.507 e. The van der Waals surface area contributed by atoms with Gasteiger partial charge in [0, 0.05) is 32.2 Å². The van der Waals surface area contributed by atoms with E-state index in [9.17, 15) is 14.7 Å². The van der Waals surface area contributed by atoms with Gasteiger partial charge < -0.3 is 19.4 Å². The molecule has 1 saturated heterocycles. The number of benzene rings is 1. The van der Waals surface area contributed by atoms with Crippen molar-refractivity contribution >= 4 is 11.8 Å². The summed E-state index contributed by atoms with van der Waals surface area (Å²) in [5, 5.41) is 13.5. The average molecular weight is 315 g/mol. The first-order valence-corrected chi connectivity index (χ1v) is 7.36. The molecule has 120 valence electrons. The summed E-state index contributed by atoms with van der Waals surface area (Å²) in [5.74, 6) is 0.125. The van der Waals surface area contributed by atoms with Crippen LogP contribution in [0.4, 0.5) is 0 Å². The maximum absolute atomic E-state index is 12.4. The molecule has 2 amide bonds. The molecule has 1 aromatic carbocycles. The van der Waals surface area contributed by atoms with Crippen LogP contribution in [0.2, 0.25) is 0 Å². The van der Waals surface area contributed by atoms with Crippen LogP contribution >= 0.6 is 0 Å². The number of aromatic nitrogens is 1. The molecular formula is C16H17N3O4. The van der Waals surface area contributed by atoms with Crippen molar-refractivity contribution in [3.05, 3.63) is 47.3 Å². The standard InChI is InChI=1S/C16H17N3O4/c1-11-10-13(17-23-11)16(22)19-8-6-18(7-9-19)15(21)12-4-2-3-5-14(12)20/h2-5,10,20H,6-9H2,1H3. The SMILES string of the molecule is Cc1cc(C(=O)N2CCN(C(=O)c3ccccc3O)CC2)no1. The van der Waals surface area contributed by atoms with E-state index in [2.05, 4.69) is 5.16 Å². The van der Waals surface area contributed by atoms with E-state index < -0.39 is 0 Å². The molecule has 0 spiro atoms. The first kappa shape index (κ1) is 15.1. The number of carbonyl (C=O) groups excluding carboxylic acids is 2. The minimum Gasteiger partial charge on any atom is -0.507 e. The molecule has 2 aromatic rings. The second kappa shape index (κ2) is 6.12. The summed E-state index contributed by atoms with van der Waals surface area (Å²) in [6, 6.07) is 8.05. The van der Waals surface area contributed by atoms with Gasteiger partial charge in [-0.1, -0.05) is 17.3 Å². The van der Waals surface area contributed by atoms with Crippen LogP contribution in [0.1, 0.15) is 26.6 Å². The molecule has 2 heterocycles. The Morgan fingerprint density at radius 2 is 1.70 bits per heavy atom. The molecular weight excluding hydrogens is 298 g/mol. The predicted octanol–water partition coefficient (Wildman–Crippen LogP) is 1.29. The first-order valence-electron chi connectivity index (χ1n) is 7.36. The summed E-state index contributed by atoms with van der Waals surface area (Å²) in [4.78, 5) is 28.0. The van der Waals surface area contributed by atoms with Crippen LogP contribution in [0.5, 0.6) is 5.75 Å². The van der Waals surface area contributed by atoms with Crippen molar-refractivity contribution in [3.8, 4) is 5.75 Å². The molecule has 3 rings (SSSR count). The first-order chi connectivity index (χ1) is 11.1. The van der Waals surface area contributed by atoms with E-state index in [0.29, 0.717) is 31.9 Å². The number of hydrogen-bond acceptors (Lipinski definition) is 5. The van der Waals surface area contributed by atoms with Crippen molar-refractivity contribution in [2.24, 2.45) is 0 Å². The molecule has 1 aliphatic rings. The molecule has 23 heavy (non-hydrogen) atoms. The van der Waals surface area contributed by atoms with E-state index in [-0.39, 0.29) is 28.8 Å². The van der Waals surface area contributed by atoms with Crippen LogP contribution < -0.4 is 0 Å². The number of phenols is 1. The number of para-hydroxylation sites is 1. The van der Waals surface area contributed by atoms with Crippen molar-refractivity contribution in [3.63, 3.8) is 0 Å². The number of aromatic hydroxyl groups is 1. The van der Waals surface area contributed by atoms with Gasteiger partial charge in [0.2, 0.25) is 0 Å². The molecule has 0 unspecified atom stereocenters. The van der Waals surface area contributed by atoms with E-state index in [1.54, 1.807) is 41.0 Å². The van der Waals surface area contributed by atoms with Gasteiger partial charge in [-0.05, 0) is 19.1 Å². The Bertz CT molecular complexity index is 732. The minimum atomic E-state index is -0.229. The zero-order valence-corrected chi connectivity index (χ0v) is 12.7. The van der Waals surface area contributed by atoms with Crippen LogP contribution in [-0.4, -0.2) is 58.1 Å². The smallest absolute Gasteiger partial charge is 0.276 e. The molecule has 7 nitrogen and oxygen atoms in total. The number of phenolic OH excluding ortho intramolecular Hbond substituents is 1. The van der Waals surface area contributed by atoms with E-state index in [1.807, 2.05) is 0 Å². The summed E-state index contributed by atoms with van der Waals surface area (Å²) >= 11 is 0. The molecule has 0 aliphatic carbocycles. The van der Waals surface area contributed by atoms with Crippen LogP contribution in [0.3, 0.4) is 0 Å². The van der Waals surface area contributed by atoms with Crippen molar-refractivity contribution in [2.45, 2.75) is 6.92 Å². The minimum absolute atomic E-state index is 0.0333. The lowest BCUT2D eigenvalue weighted by atomic mass is 10.1. The van der Waals surface area contributed by atoms with Crippen molar-refractivity contribution in [1.82, 2.24) is 15.0 Å². The summed E-state index contributed by atoms with van der Waals surface area (Å²) in [6.07, 6.45) is 0. The summed E-state index contributed by atoms with van der Waals surface area (Å²) in [7, 11) is 0. The maximum Gasteiger partial charge on any atom is 0.276 e. The van der Waals surface area contributed by atoms with Crippen molar-refractivity contribution in [2.75, 3.05) is 26.2 Å². The van der Waals surface area contributed by atoms with E-state index in [0.717, 1.165) is 0 Å². The third kappa shape index (κ3) is 3.03. The van der Waals surface area contributed by atoms with Gasteiger partial charge in [-0.3, -0.25) is 9.59 Å². The summed E-state index contributed by atoms with van der Waals surface area (Å²) < 4.78 is 4.92. The summed E-state index contributed by atoms with van der Waals surface area (Å²) in [6.45, 7) is 3.40. The quantitative estimate of drug-likeness (QED) is 0.902. The van der Waals surface area contributed by atoms with Crippen molar-refractivity contribution in [1.29, 1.82) is 0 Å². The highest BCUT2D eigenvalue weighted by atomic mass is 16.5. The van der Waals surface area contributed by atoms with Crippen LogP contribution in [0.15, 0.2) is 34.9 Å². The average Bonchev–Trinajstić information content (AvgIpc) is 3.01. The molecule has 0 atom stereocenters. The lowest BCUT2D eigenvalue weighted by Crippen LogP contribution is -2.50. The lowest BCUT2D eigenvalue weighted by molar-refractivity contribution is 0.0528. The normalized spacial score (nSPS) is 14.8. The number of hydrogen-bond donors (Lipinski definition) is 1. The number of aryl methyl sites for hydroxylation is 1. The number of piperazine rings is 1. The number of carbonyl (C=O) groups is 2. The highest BCUT2D eigenvalue weighted by Gasteiger charge is 2.27. The van der Waals surface area contributed by atoms with Crippen LogP contribution in [0.25, 0.3) is 0 Å². The Balaban J connectivity index is 1.63. The van der Waals surface area contributed by atoms with Crippen LogP contribution in [0, 0.1) is 6.92 Å². The fourth-order valence-corrected chi connectivity index (χ4v) is 2.57. The number of rotatable bonds is 2. The topological polar surface area (TPSA) is 86.9 Å². The molecule has 7 heteroatoms. The van der Waals surface area contributed by atoms with E-state index in [4.69, 9.17) is 4.52 Å². The molecule has 1 aliphatic heterocycles. The third-order valence-corrected chi connectivity index (χ3v) is 3.84. The lowest BCUT2D eigenvalue weighted by Gasteiger charge is -2.34. The highest BCUT2D eigenvalue weighted by molar-refractivity contribution is 5.97.